The van der Waals surface area contributed by atoms with E-state index in [9.17, 15) is 0 Å². The Morgan fingerprint density at radius 2 is 2.37 bits per heavy atom. The number of aromatic nitrogens is 2. The van der Waals surface area contributed by atoms with Crippen molar-refractivity contribution in [2.45, 2.75) is 38.8 Å². The molecule has 2 fully saturated rings. The molecule has 0 radical (unpaired) electrons. The Morgan fingerprint density at radius 1 is 1.53 bits per heavy atom. The summed E-state index contributed by atoms with van der Waals surface area (Å²) < 4.78 is 8.06. The lowest BCUT2D eigenvalue weighted by Gasteiger charge is -2.23. The van der Waals surface area contributed by atoms with Gasteiger partial charge in [0.25, 0.3) is 0 Å². The molecule has 106 valence electrons. The molecule has 3 heterocycles. The van der Waals surface area contributed by atoms with Crippen molar-refractivity contribution in [1.29, 1.82) is 0 Å². The maximum absolute atomic E-state index is 6.19. The van der Waals surface area contributed by atoms with Gasteiger partial charge in [0, 0.05) is 38.4 Å². The fraction of sp³-hybridized carbons (Fsp3) is 0.800. The van der Waals surface area contributed by atoms with E-state index in [1.165, 1.54) is 18.4 Å². The molecule has 4 nitrogen and oxygen atoms in total. The highest BCUT2D eigenvalue weighted by Gasteiger charge is 2.45. The van der Waals surface area contributed by atoms with Crippen LogP contribution in [0.4, 0.5) is 0 Å². The molecule has 2 atom stereocenters. The summed E-state index contributed by atoms with van der Waals surface area (Å²) in [6.07, 6.45) is 6.51. The Kier molecular flexibility index (Phi) is 3.39. The maximum atomic E-state index is 6.19. The number of rotatable bonds is 3. The highest BCUT2D eigenvalue weighted by atomic mass is 16.5. The normalized spacial score (nSPS) is 31.9. The molecule has 0 aliphatic carbocycles. The fourth-order valence-corrected chi connectivity index (χ4v) is 3.47. The summed E-state index contributed by atoms with van der Waals surface area (Å²) in [5.74, 6) is 1.49. The van der Waals surface area contributed by atoms with Crippen molar-refractivity contribution in [2.24, 2.45) is 18.9 Å². The molecule has 3 rings (SSSR count). The summed E-state index contributed by atoms with van der Waals surface area (Å²) in [6.45, 7) is 8.83. The Balaban J connectivity index is 1.58. The monoisotopic (exact) mass is 263 g/mol. The van der Waals surface area contributed by atoms with Crippen LogP contribution in [0.25, 0.3) is 0 Å². The van der Waals surface area contributed by atoms with Crippen molar-refractivity contribution in [3.63, 3.8) is 0 Å². The third-order valence-electron chi connectivity index (χ3n) is 4.74. The van der Waals surface area contributed by atoms with E-state index in [0.717, 1.165) is 38.1 Å². The summed E-state index contributed by atoms with van der Waals surface area (Å²) in [6, 6.07) is 0. The van der Waals surface area contributed by atoms with Crippen LogP contribution in [0.3, 0.4) is 0 Å². The molecule has 1 aromatic rings. The van der Waals surface area contributed by atoms with E-state index in [-0.39, 0.29) is 5.60 Å². The number of aryl methyl sites for hydroxylation is 1. The first-order valence-corrected chi connectivity index (χ1v) is 7.40. The molecule has 0 bridgehead atoms. The van der Waals surface area contributed by atoms with Crippen LogP contribution >= 0.6 is 0 Å². The second-order valence-corrected chi connectivity index (χ2v) is 6.69. The van der Waals surface area contributed by atoms with Crippen LogP contribution in [0, 0.1) is 11.8 Å². The topological polar surface area (TPSA) is 30.3 Å². The lowest BCUT2D eigenvalue weighted by atomic mass is 9.87. The van der Waals surface area contributed by atoms with Gasteiger partial charge in [-0.25, -0.2) is 0 Å². The van der Waals surface area contributed by atoms with Crippen molar-refractivity contribution >= 4 is 0 Å². The van der Waals surface area contributed by atoms with Crippen LogP contribution in [0.5, 0.6) is 0 Å². The van der Waals surface area contributed by atoms with Crippen LogP contribution in [-0.4, -0.2) is 40.0 Å². The van der Waals surface area contributed by atoms with Crippen molar-refractivity contribution in [3.8, 4) is 0 Å². The summed E-state index contributed by atoms with van der Waals surface area (Å²) in [5.41, 5.74) is 1.45. The van der Waals surface area contributed by atoms with E-state index in [4.69, 9.17) is 4.74 Å². The molecule has 2 aliphatic rings. The van der Waals surface area contributed by atoms with Gasteiger partial charge < -0.3 is 4.74 Å². The standard InChI is InChI=1S/C15H25N3O/c1-12(2)14-6-15(19-10-14)4-5-18(11-15)9-13-7-16-17(3)8-13/h7-8,12,14H,4-6,9-11H2,1-3H3/t14-,15+/m0/s1. The molecule has 2 saturated heterocycles. The van der Waals surface area contributed by atoms with Crippen molar-refractivity contribution in [1.82, 2.24) is 14.7 Å². The van der Waals surface area contributed by atoms with Gasteiger partial charge in [0.15, 0.2) is 0 Å². The molecule has 0 saturated carbocycles. The molecule has 0 aromatic carbocycles. The second-order valence-electron chi connectivity index (χ2n) is 6.69. The van der Waals surface area contributed by atoms with Crippen LogP contribution < -0.4 is 0 Å². The zero-order chi connectivity index (χ0) is 13.5. The molecule has 4 heteroatoms. The molecule has 1 spiro atoms. The molecule has 19 heavy (non-hydrogen) atoms. The molecular weight excluding hydrogens is 238 g/mol. The third kappa shape index (κ3) is 2.70. The third-order valence-corrected chi connectivity index (χ3v) is 4.74. The van der Waals surface area contributed by atoms with Crippen LogP contribution in [0.15, 0.2) is 12.4 Å². The number of hydrogen-bond acceptors (Lipinski definition) is 3. The Hall–Kier alpha value is -0.870. The minimum absolute atomic E-state index is 0.150. The van der Waals surface area contributed by atoms with Crippen LogP contribution in [0.1, 0.15) is 32.3 Å². The zero-order valence-electron chi connectivity index (χ0n) is 12.3. The first kappa shape index (κ1) is 13.1. The van der Waals surface area contributed by atoms with Gasteiger partial charge in [0.05, 0.1) is 18.4 Å². The van der Waals surface area contributed by atoms with Crippen LogP contribution in [-0.2, 0) is 18.3 Å². The average Bonchev–Trinajstić information content (AvgIpc) is 3.04. The van der Waals surface area contributed by atoms with Gasteiger partial charge in [0.1, 0.15) is 0 Å². The van der Waals surface area contributed by atoms with Crippen molar-refractivity contribution < 1.29 is 4.74 Å². The van der Waals surface area contributed by atoms with Gasteiger partial charge in [-0.05, 0) is 24.7 Å². The quantitative estimate of drug-likeness (QED) is 0.836. The Morgan fingerprint density at radius 3 is 3.00 bits per heavy atom. The molecule has 0 amide bonds. The lowest BCUT2D eigenvalue weighted by molar-refractivity contribution is 0.0106. The smallest absolute Gasteiger partial charge is 0.0824 e. The molecule has 0 N–H and O–H groups in total. The first-order valence-electron chi connectivity index (χ1n) is 7.40. The SMILES string of the molecule is CC(C)[C@@H]1CO[C@]2(CCN(Cc3cnn(C)c3)C2)C1. The molecule has 0 unspecified atom stereocenters. The minimum atomic E-state index is 0.150. The van der Waals surface area contributed by atoms with Gasteiger partial charge in [-0.2, -0.15) is 5.10 Å². The van der Waals surface area contributed by atoms with Gasteiger partial charge in [-0.3, -0.25) is 9.58 Å². The second kappa shape index (κ2) is 4.91. The van der Waals surface area contributed by atoms with E-state index in [2.05, 4.69) is 30.0 Å². The van der Waals surface area contributed by atoms with Crippen LogP contribution in [0.2, 0.25) is 0 Å². The van der Waals surface area contributed by atoms with E-state index in [1.54, 1.807) is 0 Å². The lowest BCUT2D eigenvalue weighted by Crippen LogP contribution is -2.32. The number of likely N-dealkylation sites (tertiary alicyclic amines) is 1. The zero-order valence-corrected chi connectivity index (χ0v) is 12.3. The van der Waals surface area contributed by atoms with Crippen molar-refractivity contribution in [3.05, 3.63) is 18.0 Å². The number of hydrogen-bond donors (Lipinski definition) is 0. The molecule has 1 aromatic heterocycles. The number of nitrogens with zero attached hydrogens (tertiary/aromatic N) is 3. The molecule has 2 aliphatic heterocycles. The molecular formula is C15H25N3O. The first-order chi connectivity index (χ1) is 9.06. The fourth-order valence-electron chi connectivity index (χ4n) is 3.47. The van der Waals surface area contributed by atoms with E-state index in [0.29, 0.717) is 0 Å². The van der Waals surface area contributed by atoms with E-state index in [1.807, 2.05) is 17.9 Å². The van der Waals surface area contributed by atoms with E-state index < -0.39 is 0 Å². The van der Waals surface area contributed by atoms with E-state index >= 15 is 0 Å². The Bertz CT molecular complexity index is 442. The van der Waals surface area contributed by atoms with Gasteiger partial charge in [-0.15, -0.1) is 0 Å². The highest BCUT2D eigenvalue weighted by Crippen LogP contribution is 2.40. The largest absolute Gasteiger partial charge is 0.373 e. The average molecular weight is 263 g/mol. The summed E-state index contributed by atoms with van der Waals surface area (Å²) in [7, 11) is 1.97. The maximum Gasteiger partial charge on any atom is 0.0824 e. The predicted octanol–water partition coefficient (Wildman–Crippen LogP) is 2.06. The van der Waals surface area contributed by atoms with Crippen molar-refractivity contribution in [2.75, 3.05) is 19.7 Å². The highest BCUT2D eigenvalue weighted by molar-refractivity contribution is 5.06. The van der Waals surface area contributed by atoms with Gasteiger partial charge in [-0.1, -0.05) is 13.8 Å². The number of ether oxygens (including phenoxy) is 1. The summed E-state index contributed by atoms with van der Waals surface area (Å²) in [4.78, 5) is 2.51. The predicted molar refractivity (Wildman–Crippen MR) is 74.7 cm³/mol. The minimum Gasteiger partial charge on any atom is -0.373 e. The van der Waals surface area contributed by atoms with Gasteiger partial charge in [0.2, 0.25) is 0 Å². The summed E-state index contributed by atoms with van der Waals surface area (Å²) in [5, 5.41) is 4.24. The Labute approximate surface area is 115 Å². The summed E-state index contributed by atoms with van der Waals surface area (Å²) >= 11 is 0. The van der Waals surface area contributed by atoms with Gasteiger partial charge >= 0.3 is 0 Å².